The fourth-order valence-electron chi connectivity index (χ4n) is 3.65. The standard InChI is InChI=1S/C21H29N3O3S/c1-6-18-11-22-21(23-12-18)27-19-8-7-9-24(13-19)28(25,26)20-16(4)14(2)10-15(3)17(20)5/h10-12,19H,6-9,13H2,1-5H3. The summed E-state index contributed by atoms with van der Waals surface area (Å²) in [6.45, 7) is 10.5. The van der Waals surface area contributed by atoms with E-state index in [1.807, 2.05) is 40.7 Å². The van der Waals surface area contributed by atoms with E-state index in [1.54, 1.807) is 16.7 Å². The number of benzene rings is 1. The summed E-state index contributed by atoms with van der Waals surface area (Å²) in [5.74, 6) is 0. The molecule has 0 saturated carbocycles. The van der Waals surface area contributed by atoms with E-state index in [4.69, 9.17) is 4.74 Å². The van der Waals surface area contributed by atoms with Crippen LogP contribution in [-0.2, 0) is 16.4 Å². The third-order valence-corrected chi connectivity index (χ3v) is 7.74. The first-order valence-corrected chi connectivity index (χ1v) is 11.2. The minimum Gasteiger partial charge on any atom is -0.459 e. The van der Waals surface area contributed by atoms with Gasteiger partial charge in [0.05, 0.1) is 11.4 Å². The molecule has 0 N–H and O–H groups in total. The lowest BCUT2D eigenvalue weighted by Crippen LogP contribution is -2.44. The van der Waals surface area contributed by atoms with Crippen LogP contribution < -0.4 is 4.74 Å². The number of piperidine rings is 1. The molecule has 1 fully saturated rings. The molecule has 1 aromatic heterocycles. The van der Waals surface area contributed by atoms with Gasteiger partial charge in [0.25, 0.3) is 0 Å². The van der Waals surface area contributed by atoms with Crippen LogP contribution in [0.3, 0.4) is 0 Å². The van der Waals surface area contributed by atoms with Crippen LogP contribution in [0.5, 0.6) is 6.01 Å². The van der Waals surface area contributed by atoms with E-state index < -0.39 is 10.0 Å². The molecular formula is C21H29N3O3S. The molecule has 1 unspecified atom stereocenters. The quantitative estimate of drug-likeness (QED) is 0.764. The molecule has 6 nitrogen and oxygen atoms in total. The second-order valence-corrected chi connectivity index (χ2v) is 9.44. The van der Waals surface area contributed by atoms with Crippen molar-refractivity contribution in [2.45, 2.75) is 64.9 Å². The van der Waals surface area contributed by atoms with Crippen molar-refractivity contribution in [3.8, 4) is 6.01 Å². The minimum absolute atomic E-state index is 0.248. The number of ether oxygens (including phenoxy) is 1. The summed E-state index contributed by atoms with van der Waals surface area (Å²) in [4.78, 5) is 8.92. The first kappa shape index (κ1) is 20.7. The Hall–Kier alpha value is -1.99. The normalized spacial score (nSPS) is 18.2. The zero-order valence-corrected chi connectivity index (χ0v) is 18.1. The Morgan fingerprint density at radius 1 is 1.11 bits per heavy atom. The Balaban J connectivity index is 1.83. The fourth-order valence-corrected chi connectivity index (χ4v) is 5.74. The van der Waals surface area contributed by atoms with Crippen LogP contribution in [-0.4, -0.2) is 41.9 Å². The number of nitrogens with zero attached hydrogens (tertiary/aromatic N) is 3. The van der Waals surface area contributed by atoms with E-state index in [2.05, 4.69) is 9.97 Å². The molecule has 3 rings (SSSR count). The molecule has 2 heterocycles. The lowest BCUT2D eigenvalue weighted by atomic mass is 10.0. The molecule has 0 amide bonds. The summed E-state index contributed by atoms with van der Waals surface area (Å²) in [6.07, 6.45) is 5.66. The highest BCUT2D eigenvalue weighted by molar-refractivity contribution is 7.89. The largest absolute Gasteiger partial charge is 0.459 e. The van der Waals surface area contributed by atoms with Crippen molar-refractivity contribution in [3.63, 3.8) is 0 Å². The van der Waals surface area contributed by atoms with Gasteiger partial charge in [-0.3, -0.25) is 0 Å². The van der Waals surface area contributed by atoms with Gasteiger partial charge in [0.15, 0.2) is 0 Å². The van der Waals surface area contributed by atoms with Gasteiger partial charge in [0.2, 0.25) is 10.0 Å². The summed E-state index contributed by atoms with van der Waals surface area (Å²) >= 11 is 0. The molecule has 28 heavy (non-hydrogen) atoms. The molecule has 0 radical (unpaired) electrons. The molecule has 1 aliphatic rings. The van der Waals surface area contributed by atoms with E-state index in [0.717, 1.165) is 47.1 Å². The average molecular weight is 404 g/mol. The summed E-state index contributed by atoms with van der Waals surface area (Å²) in [7, 11) is -3.59. The third-order valence-electron chi connectivity index (χ3n) is 5.60. The van der Waals surface area contributed by atoms with Gasteiger partial charge in [-0.2, -0.15) is 4.31 Å². The number of aryl methyl sites for hydroxylation is 3. The van der Waals surface area contributed by atoms with E-state index in [0.29, 0.717) is 24.0 Å². The molecule has 0 spiro atoms. The molecule has 1 atom stereocenters. The second-order valence-electron chi connectivity index (χ2n) is 7.56. The first-order chi connectivity index (χ1) is 13.2. The Bertz CT molecular complexity index is 930. The van der Waals surface area contributed by atoms with Gasteiger partial charge in [-0.1, -0.05) is 13.0 Å². The lowest BCUT2D eigenvalue weighted by Gasteiger charge is -2.32. The average Bonchev–Trinajstić information content (AvgIpc) is 2.67. The smallest absolute Gasteiger partial charge is 0.316 e. The van der Waals surface area contributed by atoms with E-state index in [9.17, 15) is 8.42 Å². The molecule has 2 aromatic rings. The van der Waals surface area contributed by atoms with Crippen molar-refractivity contribution in [1.82, 2.24) is 14.3 Å². The highest BCUT2D eigenvalue weighted by Gasteiger charge is 2.34. The SMILES string of the molecule is CCc1cnc(OC2CCCN(S(=O)(=O)c3c(C)c(C)cc(C)c3C)C2)nc1. The van der Waals surface area contributed by atoms with Gasteiger partial charge in [0.1, 0.15) is 6.10 Å². The maximum absolute atomic E-state index is 13.5. The van der Waals surface area contributed by atoms with Gasteiger partial charge in [-0.15, -0.1) is 0 Å². The van der Waals surface area contributed by atoms with Gasteiger partial charge >= 0.3 is 6.01 Å². The van der Waals surface area contributed by atoms with Crippen LogP contribution in [0.25, 0.3) is 0 Å². The molecule has 152 valence electrons. The summed E-state index contributed by atoms with van der Waals surface area (Å²) in [6, 6.07) is 2.35. The summed E-state index contributed by atoms with van der Waals surface area (Å²) in [5.41, 5.74) is 4.68. The van der Waals surface area contributed by atoms with Crippen LogP contribution in [0, 0.1) is 27.7 Å². The Kier molecular flexibility index (Phi) is 6.05. The van der Waals surface area contributed by atoms with Crippen molar-refractivity contribution in [2.75, 3.05) is 13.1 Å². The number of hydrogen-bond acceptors (Lipinski definition) is 5. The monoisotopic (exact) mass is 403 g/mol. The lowest BCUT2D eigenvalue weighted by molar-refractivity contribution is 0.119. The number of rotatable bonds is 5. The van der Waals surface area contributed by atoms with Crippen LogP contribution in [0.15, 0.2) is 23.4 Å². The Labute approximate surface area is 168 Å². The minimum atomic E-state index is -3.59. The van der Waals surface area contributed by atoms with Crippen LogP contribution in [0.4, 0.5) is 0 Å². The fraction of sp³-hybridized carbons (Fsp3) is 0.524. The van der Waals surface area contributed by atoms with Crippen molar-refractivity contribution < 1.29 is 13.2 Å². The second kappa shape index (κ2) is 8.17. The molecule has 1 saturated heterocycles. The maximum Gasteiger partial charge on any atom is 0.316 e. The predicted molar refractivity (Wildman–Crippen MR) is 109 cm³/mol. The summed E-state index contributed by atoms with van der Waals surface area (Å²) < 4.78 is 34.4. The zero-order valence-electron chi connectivity index (χ0n) is 17.3. The first-order valence-electron chi connectivity index (χ1n) is 9.79. The van der Waals surface area contributed by atoms with Gasteiger partial charge in [0, 0.05) is 18.9 Å². The van der Waals surface area contributed by atoms with Gasteiger partial charge < -0.3 is 4.74 Å². The number of hydrogen-bond donors (Lipinski definition) is 0. The van der Waals surface area contributed by atoms with Crippen molar-refractivity contribution in [1.29, 1.82) is 0 Å². The highest BCUT2D eigenvalue weighted by atomic mass is 32.2. The maximum atomic E-state index is 13.5. The predicted octanol–water partition coefficient (Wildman–Crippen LogP) is 3.50. The Morgan fingerprint density at radius 3 is 2.29 bits per heavy atom. The van der Waals surface area contributed by atoms with E-state index >= 15 is 0 Å². The molecule has 0 bridgehead atoms. The van der Waals surface area contributed by atoms with Crippen molar-refractivity contribution >= 4 is 10.0 Å². The van der Waals surface area contributed by atoms with Crippen molar-refractivity contribution in [3.05, 3.63) is 46.3 Å². The van der Waals surface area contributed by atoms with E-state index in [1.165, 1.54) is 0 Å². The topological polar surface area (TPSA) is 72.4 Å². The molecule has 1 aromatic carbocycles. The number of aromatic nitrogens is 2. The summed E-state index contributed by atoms with van der Waals surface area (Å²) in [5, 5.41) is 0. The molecular weight excluding hydrogens is 374 g/mol. The highest BCUT2D eigenvalue weighted by Crippen LogP contribution is 2.30. The Morgan fingerprint density at radius 2 is 1.71 bits per heavy atom. The number of sulfonamides is 1. The van der Waals surface area contributed by atoms with Crippen molar-refractivity contribution in [2.24, 2.45) is 0 Å². The third kappa shape index (κ3) is 4.05. The zero-order chi connectivity index (χ0) is 20.5. The molecule has 0 aliphatic carbocycles. The van der Waals surface area contributed by atoms with Crippen LogP contribution in [0.1, 0.15) is 47.6 Å². The van der Waals surface area contributed by atoms with E-state index in [-0.39, 0.29) is 6.10 Å². The van der Waals surface area contributed by atoms with Crippen LogP contribution in [0.2, 0.25) is 0 Å². The molecule has 1 aliphatic heterocycles. The molecule has 7 heteroatoms. The van der Waals surface area contributed by atoms with Gasteiger partial charge in [-0.05, 0) is 74.8 Å². The van der Waals surface area contributed by atoms with Gasteiger partial charge in [-0.25, -0.2) is 18.4 Å². The van der Waals surface area contributed by atoms with Crippen LogP contribution >= 0.6 is 0 Å².